The van der Waals surface area contributed by atoms with E-state index >= 15 is 0 Å². The fourth-order valence-electron chi connectivity index (χ4n) is 1.97. The number of hydrogen-bond donors (Lipinski definition) is 0. The van der Waals surface area contributed by atoms with Gasteiger partial charge in [-0.05, 0) is 25.0 Å². The lowest BCUT2D eigenvalue weighted by Gasteiger charge is -2.20. The summed E-state index contributed by atoms with van der Waals surface area (Å²) in [5.41, 5.74) is 1.13. The van der Waals surface area contributed by atoms with Gasteiger partial charge in [0.05, 0.1) is 19.6 Å². The second-order valence-corrected chi connectivity index (χ2v) is 4.57. The molecule has 1 aromatic carbocycles. The molecule has 0 saturated carbocycles. The smallest absolute Gasteiger partial charge is 0.225 e. The minimum atomic E-state index is 0.0797. The zero-order valence-electron chi connectivity index (χ0n) is 10.9. The zero-order chi connectivity index (χ0) is 13.0. The molecule has 0 bridgehead atoms. The van der Waals surface area contributed by atoms with Crippen molar-refractivity contribution in [2.24, 2.45) is 0 Å². The maximum atomic E-state index is 11.4. The summed E-state index contributed by atoms with van der Waals surface area (Å²) in [6.45, 7) is 1.18. The summed E-state index contributed by atoms with van der Waals surface area (Å²) in [4.78, 5) is 13.0. The van der Waals surface area contributed by atoms with Gasteiger partial charge in [-0.15, -0.1) is 0 Å². The van der Waals surface area contributed by atoms with Gasteiger partial charge < -0.3 is 14.4 Å². The summed E-state index contributed by atoms with van der Waals surface area (Å²) in [5, 5.41) is 0. The van der Waals surface area contributed by atoms with Crippen LogP contribution in [-0.2, 0) is 11.2 Å². The summed E-state index contributed by atoms with van der Waals surface area (Å²) in [7, 11) is 3.50. The van der Waals surface area contributed by atoms with E-state index in [-0.39, 0.29) is 5.91 Å². The molecule has 0 aliphatic carbocycles. The van der Waals surface area contributed by atoms with Gasteiger partial charge in [0, 0.05) is 19.7 Å². The highest BCUT2D eigenvalue weighted by molar-refractivity contribution is 5.75. The molecule has 1 aliphatic rings. The molecule has 0 aromatic heterocycles. The van der Waals surface area contributed by atoms with Gasteiger partial charge in [0.15, 0.2) is 0 Å². The number of rotatable bonds is 4. The lowest BCUT2D eigenvalue weighted by molar-refractivity contribution is -0.129. The highest BCUT2D eigenvalue weighted by Gasteiger charge is 2.15. The Labute approximate surface area is 107 Å². The van der Waals surface area contributed by atoms with Crippen molar-refractivity contribution < 1.29 is 14.3 Å². The molecule has 1 amide bonds. The van der Waals surface area contributed by atoms with Crippen molar-refractivity contribution in [2.75, 3.05) is 27.3 Å². The van der Waals surface area contributed by atoms with Crippen LogP contribution in [-0.4, -0.2) is 38.1 Å². The molecule has 4 heteroatoms. The average Bonchev–Trinajstić information content (AvgIpc) is 2.38. The summed E-state index contributed by atoms with van der Waals surface area (Å²) in [5.74, 6) is 1.84. The lowest BCUT2D eigenvalue weighted by Crippen LogP contribution is -2.23. The van der Waals surface area contributed by atoms with Gasteiger partial charge in [-0.2, -0.15) is 0 Å². The number of ether oxygens (including phenoxy) is 2. The second-order valence-electron chi connectivity index (χ2n) is 4.57. The predicted molar refractivity (Wildman–Crippen MR) is 69.1 cm³/mol. The molecular formula is C14H19NO3. The van der Waals surface area contributed by atoms with Gasteiger partial charge >= 0.3 is 0 Å². The van der Waals surface area contributed by atoms with Gasteiger partial charge in [0.1, 0.15) is 11.5 Å². The topological polar surface area (TPSA) is 38.8 Å². The maximum absolute atomic E-state index is 11.4. The third-order valence-corrected chi connectivity index (χ3v) is 2.99. The summed E-state index contributed by atoms with van der Waals surface area (Å²) >= 11 is 0. The van der Waals surface area contributed by atoms with Crippen LogP contribution in [0.25, 0.3) is 0 Å². The van der Waals surface area contributed by atoms with Gasteiger partial charge in [0.25, 0.3) is 0 Å². The van der Waals surface area contributed by atoms with Gasteiger partial charge in [-0.3, -0.25) is 4.79 Å². The molecule has 98 valence electrons. The van der Waals surface area contributed by atoms with E-state index in [0.717, 1.165) is 36.5 Å². The first kappa shape index (κ1) is 12.7. The first-order valence-electron chi connectivity index (χ1n) is 6.26. The van der Waals surface area contributed by atoms with Gasteiger partial charge in [-0.25, -0.2) is 0 Å². The van der Waals surface area contributed by atoms with Crippen LogP contribution in [0, 0.1) is 0 Å². The minimum Gasteiger partial charge on any atom is -0.493 e. The Morgan fingerprint density at radius 1 is 1.44 bits per heavy atom. The summed E-state index contributed by atoms with van der Waals surface area (Å²) < 4.78 is 11.3. The molecule has 0 fully saturated rings. The molecule has 2 rings (SSSR count). The SMILES string of the molecule is CN(C)C(=O)CCOc1cccc2c1CCCO2. The standard InChI is InChI=1S/C14H19NO3/c1-15(2)14(16)8-10-18-13-7-3-6-12-11(13)5-4-9-17-12/h3,6-7H,4-5,8-10H2,1-2H3. The number of carbonyl (C=O) groups is 1. The Balaban J connectivity index is 1.95. The molecule has 0 spiro atoms. The van der Waals surface area contributed by atoms with E-state index in [4.69, 9.17) is 9.47 Å². The average molecular weight is 249 g/mol. The first-order chi connectivity index (χ1) is 8.68. The number of benzene rings is 1. The molecule has 0 N–H and O–H groups in total. The van der Waals surface area contributed by atoms with Crippen LogP contribution in [0.1, 0.15) is 18.4 Å². The Morgan fingerprint density at radius 2 is 2.28 bits per heavy atom. The van der Waals surface area contributed by atoms with Crippen molar-refractivity contribution >= 4 is 5.91 Å². The fourth-order valence-corrected chi connectivity index (χ4v) is 1.97. The van der Waals surface area contributed by atoms with E-state index in [2.05, 4.69) is 0 Å². The molecule has 4 nitrogen and oxygen atoms in total. The highest BCUT2D eigenvalue weighted by atomic mass is 16.5. The number of nitrogens with zero attached hydrogens (tertiary/aromatic N) is 1. The quantitative estimate of drug-likeness (QED) is 0.817. The molecular weight excluding hydrogens is 230 g/mol. The lowest BCUT2D eigenvalue weighted by atomic mass is 10.1. The van der Waals surface area contributed by atoms with Gasteiger partial charge in [-0.1, -0.05) is 6.07 Å². The number of carbonyl (C=O) groups excluding carboxylic acids is 1. The van der Waals surface area contributed by atoms with Crippen LogP contribution in [0.15, 0.2) is 18.2 Å². The third-order valence-electron chi connectivity index (χ3n) is 2.99. The van der Waals surface area contributed by atoms with Crippen LogP contribution in [0.5, 0.6) is 11.5 Å². The number of hydrogen-bond acceptors (Lipinski definition) is 3. The van der Waals surface area contributed by atoms with E-state index in [9.17, 15) is 4.79 Å². The monoisotopic (exact) mass is 249 g/mol. The first-order valence-corrected chi connectivity index (χ1v) is 6.26. The Bertz CT molecular complexity index is 429. The normalized spacial score (nSPS) is 13.4. The van der Waals surface area contributed by atoms with Crippen LogP contribution in [0.3, 0.4) is 0 Å². The van der Waals surface area contributed by atoms with E-state index in [1.54, 1.807) is 19.0 Å². The largest absolute Gasteiger partial charge is 0.493 e. The maximum Gasteiger partial charge on any atom is 0.225 e. The van der Waals surface area contributed by atoms with Crippen LogP contribution in [0.2, 0.25) is 0 Å². The predicted octanol–water partition coefficient (Wildman–Crippen LogP) is 1.87. The third kappa shape index (κ3) is 2.94. The van der Waals surface area contributed by atoms with Crippen molar-refractivity contribution in [1.29, 1.82) is 0 Å². The highest BCUT2D eigenvalue weighted by Crippen LogP contribution is 2.32. The molecule has 0 radical (unpaired) electrons. The van der Waals surface area contributed by atoms with E-state index < -0.39 is 0 Å². The Hall–Kier alpha value is -1.71. The zero-order valence-corrected chi connectivity index (χ0v) is 10.9. The number of fused-ring (bicyclic) bond motifs is 1. The molecule has 1 aliphatic heterocycles. The Kier molecular flexibility index (Phi) is 4.07. The van der Waals surface area contributed by atoms with Crippen LogP contribution in [0.4, 0.5) is 0 Å². The molecule has 0 unspecified atom stereocenters. The molecule has 0 saturated heterocycles. The summed E-state index contributed by atoms with van der Waals surface area (Å²) in [6, 6.07) is 5.83. The molecule has 1 aromatic rings. The van der Waals surface area contributed by atoms with Crippen molar-refractivity contribution in [1.82, 2.24) is 4.90 Å². The number of amides is 1. The molecule has 0 atom stereocenters. The van der Waals surface area contributed by atoms with Crippen molar-refractivity contribution in [3.8, 4) is 11.5 Å². The van der Waals surface area contributed by atoms with Crippen LogP contribution < -0.4 is 9.47 Å². The van der Waals surface area contributed by atoms with Crippen molar-refractivity contribution in [3.63, 3.8) is 0 Å². The van der Waals surface area contributed by atoms with Crippen LogP contribution >= 0.6 is 0 Å². The Morgan fingerprint density at radius 3 is 3.06 bits per heavy atom. The van der Waals surface area contributed by atoms with E-state index in [1.807, 2.05) is 18.2 Å². The fraction of sp³-hybridized carbons (Fsp3) is 0.500. The van der Waals surface area contributed by atoms with Crippen molar-refractivity contribution in [2.45, 2.75) is 19.3 Å². The van der Waals surface area contributed by atoms with Gasteiger partial charge in [0.2, 0.25) is 5.91 Å². The second kappa shape index (κ2) is 5.76. The van der Waals surface area contributed by atoms with Crippen molar-refractivity contribution in [3.05, 3.63) is 23.8 Å². The molecule has 1 heterocycles. The minimum absolute atomic E-state index is 0.0797. The van der Waals surface area contributed by atoms with E-state index in [1.165, 1.54) is 0 Å². The summed E-state index contributed by atoms with van der Waals surface area (Å²) in [6.07, 6.45) is 2.40. The molecule has 18 heavy (non-hydrogen) atoms. The van der Waals surface area contributed by atoms with E-state index in [0.29, 0.717) is 13.0 Å².